The maximum atomic E-state index is 11.0. The smallest absolute Gasteiger partial charge is 0.158 e. The SMILES string of the molecule is CS(=O)(=O)C1(CN)COC1. The van der Waals surface area contributed by atoms with Gasteiger partial charge >= 0.3 is 0 Å². The molecule has 0 aromatic heterocycles. The molecule has 60 valence electrons. The van der Waals surface area contributed by atoms with E-state index in [1.54, 1.807) is 0 Å². The Hall–Kier alpha value is -0.130. The van der Waals surface area contributed by atoms with E-state index in [1.165, 1.54) is 6.26 Å². The fraction of sp³-hybridized carbons (Fsp3) is 1.00. The first kappa shape index (κ1) is 7.97. The van der Waals surface area contributed by atoms with E-state index in [4.69, 9.17) is 10.5 Å². The minimum atomic E-state index is -3.03. The molecule has 0 unspecified atom stereocenters. The molecule has 5 heteroatoms. The molecule has 1 heterocycles. The van der Waals surface area contributed by atoms with Crippen molar-refractivity contribution in [1.82, 2.24) is 0 Å². The Bertz CT molecular complexity index is 212. The Morgan fingerprint density at radius 2 is 2.10 bits per heavy atom. The maximum Gasteiger partial charge on any atom is 0.158 e. The van der Waals surface area contributed by atoms with Crippen molar-refractivity contribution >= 4 is 9.84 Å². The normalized spacial score (nSPS) is 23.8. The van der Waals surface area contributed by atoms with Crippen molar-refractivity contribution in [3.63, 3.8) is 0 Å². The van der Waals surface area contributed by atoms with Crippen LogP contribution in [0.15, 0.2) is 0 Å². The fourth-order valence-corrected chi connectivity index (χ4v) is 1.71. The highest BCUT2D eigenvalue weighted by Gasteiger charge is 2.46. The summed E-state index contributed by atoms with van der Waals surface area (Å²) in [4.78, 5) is 0. The highest BCUT2D eigenvalue weighted by molar-refractivity contribution is 7.92. The molecular formula is C5H11NO3S. The Morgan fingerprint density at radius 3 is 2.10 bits per heavy atom. The van der Waals surface area contributed by atoms with Gasteiger partial charge in [-0.15, -0.1) is 0 Å². The van der Waals surface area contributed by atoms with Gasteiger partial charge in [0.15, 0.2) is 9.84 Å². The molecule has 1 aliphatic rings. The molecule has 1 fully saturated rings. The molecule has 0 saturated carbocycles. The lowest BCUT2D eigenvalue weighted by Gasteiger charge is -2.38. The molecule has 0 radical (unpaired) electrons. The van der Waals surface area contributed by atoms with Crippen LogP contribution in [-0.2, 0) is 14.6 Å². The largest absolute Gasteiger partial charge is 0.378 e. The van der Waals surface area contributed by atoms with Crippen LogP contribution < -0.4 is 5.73 Å². The first-order valence-corrected chi connectivity index (χ1v) is 4.88. The van der Waals surface area contributed by atoms with Crippen molar-refractivity contribution in [3.05, 3.63) is 0 Å². The molecule has 2 N–H and O–H groups in total. The summed E-state index contributed by atoms with van der Waals surface area (Å²) in [5, 5.41) is 0. The third kappa shape index (κ3) is 0.941. The molecule has 0 aromatic carbocycles. The highest BCUT2D eigenvalue weighted by Crippen LogP contribution is 2.24. The maximum absolute atomic E-state index is 11.0. The first-order chi connectivity index (χ1) is 4.52. The van der Waals surface area contributed by atoms with Gasteiger partial charge in [-0.3, -0.25) is 0 Å². The number of rotatable bonds is 2. The molecule has 1 rings (SSSR count). The summed E-state index contributed by atoms with van der Waals surface area (Å²) in [6, 6.07) is 0. The molecule has 0 bridgehead atoms. The summed E-state index contributed by atoms with van der Waals surface area (Å²) < 4.78 is 26.0. The van der Waals surface area contributed by atoms with Crippen molar-refractivity contribution < 1.29 is 13.2 Å². The highest BCUT2D eigenvalue weighted by atomic mass is 32.2. The minimum absolute atomic E-state index is 0.159. The van der Waals surface area contributed by atoms with E-state index in [1.807, 2.05) is 0 Å². The van der Waals surface area contributed by atoms with Crippen LogP contribution in [0.1, 0.15) is 0 Å². The lowest BCUT2D eigenvalue weighted by atomic mass is 10.1. The Balaban J connectivity index is 2.85. The van der Waals surface area contributed by atoms with Gasteiger partial charge < -0.3 is 10.5 Å². The minimum Gasteiger partial charge on any atom is -0.378 e. The summed E-state index contributed by atoms with van der Waals surface area (Å²) in [6.45, 7) is 0.663. The third-order valence-corrected chi connectivity index (χ3v) is 3.86. The standard InChI is InChI=1S/C5H11NO3S/c1-10(7,8)5(2-6)3-9-4-5/h2-4,6H2,1H3. The zero-order valence-electron chi connectivity index (χ0n) is 5.83. The van der Waals surface area contributed by atoms with Gasteiger partial charge in [-0.05, 0) is 0 Å². The molecular weight excluding hydrogens is 154 g/mol. The van der Waals surface area contributed by atoms with Crippen molar-refractivity contribution in [2.24, 2.45) is 5.73 Å². The van der Waals surface area contributed by atoms with Gasteiger partial charge in [-0.2, -0.15) is 0 Å². The second-order valence-corrected chi connectivity index (χ2v) is 5.06. The summed E-state index contributed by atoms with van der Waals surface area (Å²) in [6.07, 6.45) is 1.20. The van der Waals surface area contributed by atoms with E-state index >= 15 is 0 Å². The lowest BCUT2D eigenvalue weighted by molar-refractivity contribution is -0.00890. The van der Waals surface area contributed by atoms with Gasteiger partial charge in [0.1, 0.15) is 4.75 Å². The van der Waals surface area contributed by atoms with Crippen molar-refractivity contribution in [3.8, 4) is 0 Å². The number of nitrogens with two attached hydrogens (primary N) is 1. The molecule has 1 saturated heterocycles. The molecule has 10 heavy (non-hydrogen) atoms. The average Bonchev–Trinajstić information content (AvgIpc) is 1.58. The summed E-state index contributed by atoms with van der Waals surface area (Å²) >= 11 is 0. The van der Waals surface area contributed by atoms with Crippen molar-refractivity contribution in [1.29, 1.82) is 0 Å². The van der Waals surface area contributed by atoms with E-state index in [0.29, 0.717) is 0 Å². The Labute approximate surface area is 60.3 Å². The van der Waals surface area contributed by atoms with Crippen LogP contribution in [0.3, 0.4) is 0 Å². The monoisotopic (exact) mass is 165 g/mol. The molecule has 0 amide bonds. The molecule has 0 spiro atoms. The van der Waals surface area contributed by atoms with Crippen molar-refractivity contribution in [2.75, 3.05) is 26.0 Å². The van der Waals surface area contributed by atoms with E-state index in [9.17, 15) is 8.42 Å². The lowest BCUT2D eigenvalue weighted by Crippen LogP contribution is -2.60. The van der Waals surface area contributed by atoms with Crippen LogP contribution in [-0.4, -0.2) is 39.2 Å². The zero-order valence-corrected chi connectivity index (χ0v) is 6.65. The Kier molecular flexibility index (Phi) is 1.74. The van der Waals surface area contributed by atoms with Crippen LogP contribution in [0, 0.1) is 0 Å². The quantitative estimate of drug-likeness (QED) is 0.555. The zero-order chi connectivity index (χ0) is 7.83. The number of ether oxygens (including phenoxy) is 1. The van der Waals surface area contributed by atoms with Gasteiger partial charge in [0.25, 0.3) is 0 Å². The predicted molar refractivity (Wildman–Crippen MR) is 37.4 cm³/mol. The van der Waals surface area contributed by atoms with Crippen LogP contribution in [0.5, 0.6) is 0 Å². The topological polar surface area (TPSA) is 69.4 Å². The number of hydrogen-bond acceptors (Lipinski definition) is 4. The van der Waals surface area contributed by atoms with E-state index < -0.39 is 14.6 Å². The van der Waals surface area contributed by atoms with Gasteiger partial charge in [0.05, 0.1) is 13.2 Å². The van der Waals surface area contributed by atoms with E-state index in [2.05, 4.69) is 0 Å². The number of sulfone groups is 1. The molecule has 0 atom stereocenters. The Morgan fingerprint density at radius 1 is 1.60 bits per heavy atom. The summed E-state index contributed by atoms with van der Waals surface area (Å²) in [5.41, 5.74) is 5.30. The summed E-state index contributed by atoms with van der Waals surface area (Å²) in [5.74, 6) is 0. The molecule has 1 aliphatic heterocycles. The molecule has 4 nitrogen and oxygen atoms in total. The summed E-state index contributed by atoms with van der Waals surface area (Å²) in [7, 11) is -3.03. The second-order valence-electron chi connectivity index (χ2n) is 2.65. The van der Waals surface area contributed by atoms with Gasteiger partial charge in [-0.25, -0.2) is 8.42 Å². The second kappa shape index (κ2) is 2.18. The van der Waals surface area contributed by atoms with Crippen LogP contribution in [0.2, 0.25) is 0 Å². The van der Waals surface area contributed by atoms with Gasteiger partial charge in [0, 0.05) is 12.8 Å². The van der Waals surface area contributed by atoms with E-state index in [-0.39, 0.29) is 19.8 Å². The van der Waals surface area contributed by atoms with Gasteiger partial charge in [-0.1, -0.05) is 0 Å². The van der Waals surface area contributed by atoms with Crippen LogP contribution >= 0.6 is 0 Å². The fourth-order valence-electron chi connectivity index (χ4n) is 0.813. The van der Waals surface area contributed by atoms with Crippen LogP contribution in [0.4, 0.5) is 0 Å². The van der Waals surface area contributed by atoms with Crippen LogP contribution in [0.25, 0.3) is 0 Å². The average molecular weight is 165 g/mol. The molecule has 0 aromatic rings. The first-order valence-electron chi connectivity index (χ1n) is 2.99. The number of hydrogen-bond donors (Lipinski definition) is 1. The van der Waals surface area contributed by atoms with E-state index in [0.717, 1.165) is 0 Å². The predicted octanol–water partition coefficient (Wildman–Crippen LogP) is -1.24. The van der Waals surface area contributed by atoms with Gasteiger partial charge in [0.2, 0.25) is 0 Å². The van der Waals surface area contributed by atoms with Crippen molar-refractivity contribution in [2.45, 2.75) is 4.75 Å². The molecule has 0 aliphatic carbocycles. The third-order valence-electron chi connectivity index (χ3n) is 1.89.